The lowest BCUT2D eigenvalue weighted by molar-refractivity contribution is 0.0398. The predicted octanol–water partition coefficient (Wildman–Crippen LogP) is 6.19. The number of imidazole rings is 1. The lowest BCUT2D eigenvalue weighted by Crippen LogP contribution is -2.29. The molecule has 0 radical (unpaired) electrons. The highest BCUT2D eigenvalue weighted by Gasteiger charge is 2.27. The molecule has 0 fully saturated rings. The zero-order chi connectivity index (χ0) is 29.3. The second-order valence-electron chi connectivity index (χ2n) is 10.0. The number of aromatic nitrogens is 3. The number of aliphatic hydroxyl groups is 1. The van der Waals surface area contributed by atoms with Crippen LogP contribution in [0.2, 0.25) is 0 Å². The Kier molecular flexibility index (Phi) is 7.15. The first-order valence-corrected chi connectivity index (χ1v) is 14.0. The van der Waals surface area contributed by atoms with Crippen molar-refractivity contribution in [3.8, 4) is 10.6 Å². The summed E-state index contributed by atoms with van der Waals surface area (Å²) in [5.41, 5.74) is 1.92. The predicted molar refractivity (Wildman–Crippen MR) is 163 cm³/mol. The second kappa shape index (κ2) is 11.1. The van der Waals surface area contributed by atoms with Crippen molar-refractivity contribution in [2.75, 3.05) is 17.3 Å². The summed E-state index contributed by atoms with van der Waals surface area (Å²) in [6.07, 6.45) is 2.94. The minimum absolute atomic E-state index is 0.120. The van der Waals surface area contributed by atoms with Gasteiger partial charge in [-0.15, -0.1) is 11.3 Å². The van der Waals surface area contributed by atoms with Crippen LogP contribution in [-0.4, -0.2) is 38.5 Å². The van der Waals surface area contributed by atoms with Crippen molar-refractivity contribution in [3.63, 3.8) is 0 Å². The van der Waals surface area contributed by atoms with Gasteiger partial charge in [-0.2, -0.15) is 0 Å². The van der Waals surface area contributed by atoms with E-state index in [-0.39, 0.29) is 24.3 Å². The maximum Gasteiger partial charge on any atom is 0.268 e. The van der Waals surface area contributed by atoms with E-state index in [0.717, 1.165) is 10.4 Å². The van der Waals surface area contributed by atoms with Crippen molar-refractivity contribution in [2.24, 2.45) is 0 Å². The van der Waals surface area contributed by atoms with Gasteiger partial charge in [-0.3, -0.25) is 14.9 Å². The summed E-state index contributed by atoms with van der Waals surface area (Å²) in [5.74, 6) is 0.343. The maximum absolute atomic E-state index is 13.4. The Morgan fingerprint density at radius 1 is 1.02 bits per heavy atom. The molecular formula is C32H27N5O4S. The minimum Gasteiger partial charge on any atom is -0.443 e. The monoisotopic (exact) mass is 577 g/mol. The molecule has 0 saturated heterocycles. The van der Waals surface area contributed by atoms with E-state index in [0.29, 0.717) is 32.9 Å². The molecule has 2 amide bonds. The van der Waals surface area contributed by atoms with E-state index in [4.69, 9.17) is 9.40 Å². The van der Waals surface area contributed by atoms with Crippen molar-refractivity contribution in [1.82, 2.24) is 14.5 Å². The number of rotatable bonds is 8. The fourth-order valence-corrected chi connectivity index (χ4v) is 5.62. The molecule has 1 unspecified atom stereocenters. The smallest absolute Gasteiger partial charge is 0.268 e. The van der Waals surface area contributed by atoms with Crippen LogP contribution in [0.3, 0.4) is 0 Å². The largest absolute Gasteiger partial charge is 0.443 e. The molecule has 6 aromatic rings. The van der Waals surface area contributed by atoms with Gasteiger partial charge in [0.2, 0.25) is 5.95 Å². The molecular weight excluding hydrogens is 550 g/mol. The molecule has 1 atom stereocenters. The van der Waals surface area contributed by atoms with E-state index in [1.54, 1.807) is 60.0 Å². The first kappa shape index (κ1) is 27.1. The molecule has 9 nitrogen and oxygen atoms in total. The van der Waals surface area contributed by atoms with E-state index < -0.39 is 5.60 Å². The number of nitrogens with one attached hydrogen (secondary N) is 1. The number of thiophene rings is 1. The van der Waals surface area contributed by atoms with Crippen LogP contribution in [0.1, 0.15) is 32.5 Å². The van der Waals surface area contributed by atoms with E-state index in [1.165, 1.54) is 17.7 Å². The Hall–Kier alpha value is -5.06. The third kappa shape index (κ3) is 5.32. The molecule has 0 aliphatic carbocycles. The Morgan fingerprint density at radius 2 is 1.76 bits per heavy atom. The number of hydrogen-bond donors (Lipinski definition) is 2. The summed E-state index contributed by atoms with van der Waals surface area (Å²) in [5, 5.41) is 14.4. The zero-order valence-corrected chi connectivity index (χ0v) is 23.7. The van der Waals surface area contributed by atoms with Gasteiger partial charge < -0.3 is 19.0 Å². The lowest BCUT2D eigenvalue weighted by atomic mass is 9.96. The summed E-state index contributed by atoms with van der Waals surface area (Å²) < 4.78 is 7.14. The number of fused-ring (bicyclic) bond motifs is 1. The molecule has 42 heavy (non-hydrogen) atoms. The van der Waals surface area contributed by atoms with Crippen molar-refractivity contribution in [3.05, 3.63) is 120 Å². The van der Waals surface area contributed by atoms with Gasteiger partial charge in [0, 0.05) is 18.3 Å². The van der Waals surface area contributed by atoms with Crippen molar-refractivity contribution >= 4 is 45.8 Å². The van der Waals surface area contributed by atoms with Crippen LogP contribution in [0.25, 0.3) is 21.7 Å². The Balaban J connectivity index is 1.36. The van der Waals surface area contributed by atoms with Crippen LogP contribution in [0.15, 0.2) is 108 Å². The van der Waals surface area contributed by atoms with Crippen LogP contribution in [-0.2, 0) is 12.1 Å². The van der Waals surface area contributed by atoms with Crippen molar-refractivity contribution in [1.29, 1.82) is 0 Å². The quantitative estimate of drug-likeness (QED) is 0.223. The number of benzene rings is 3. The first-order valence-electron chi connectivity index (χ1n) is 13.2. The highest BCUT2D eigenvalue weighted by atomic mass is 32.1. The molecule has 0 saturated carbocycles. The van der Waals surface area contributed by atoms with E-state index >= 15 is 0 Å². The number of amides is 2. The number of carbonyl (C=O) groups excluding carboxylic acids is 2. The highest BCUT2D eigenvalue weighted by molar-refractivity contribution is 7.17. The van der Waals surface area contributed by atoms with Gasteiger partial charge in [0.15, 0.2) is 12.2 Å². The number of anilines is 2. The number of nitrogens with zero attached hydrogens (tertiary/aromatic N) is 4. The number of hydrogen-bond acceptors (Lipinski definition) is 7. The molecule has 2 N–H and O–H groups in total. The third-order valence-corrected chi connectivity index (χ3v) is 8.14. The number of carbonyl (C=O) groups is 2. The average Bonchev–Trinajstić information content (AvgIpc) is 3.78. The summed E-state index contributed by atoms with van der Waals surface area (Å²) in [6, 6.07) is 27.4. The van der Waals surface area contributed by atoms with Gasteiger partial charge in [-0.25, -0.2) is 9.97 Å². The third-order valence-electron chi connectivity index (χ3n) is 7.04. The van der Waals surface area contributed by atoms with Gasteiger partial charge in [0.25, 0.3) is 11.8 Å². The normalized spacial score (nSPS) is 12.6. The summed E-state index contributed by atoms with van der Waals surface area (Å²) in [6.45, 7) is 1.85. The second-order valence-corrected chi connectivity index (χ2v) is 11.1. The van der Waals surface area contributed by atoms with Gasteiger partial charge >= 0.3 is 0 Å². The van der Waals surface area contributed by atoms with Crippen LogP contribution in [0, 0.1) is 0 Å². The summed E-state index contributed by atoms with van der Waals surface area (Å²) in [4.78, 5) is 37.9. The fourth-order valence-electron chi connectivity index (χ4n) is 4.76. The molecule has 3 heterocycles. The average molecular weight is 578 g/mol. The Labute approximate surface area is 245 Å². The molecule has 0 aliphatic heterocycles. The van der Waals surface area contributed by atoms with Gasteiger partial charge in [-0.1, -0.05) is 48.5 Å². The Morgan fingerprint density at radius 3 is 2.48 bits per heavy atom. The fraction of sp³-hybridized carbons (Fsp3) is 0.125. The maximum atomic E-state index is 13.4. The molecule has 210 valence electrons. The van der Waals surface area contributed by atoms with Gasteiger partial charge in [0.05, 0.1) is 33.5 Å². The molecule has 6 rings (SSSR count). The molecule has 0 bridgehead atoms. The van der Waals surface area contributed by atoms with Crippen LogP contribution >= 0.6 is 11.3 Å². The molecule has 3 aromatic carbocycles. The standard InChI is InChI=1S/C32H27N5O4S/c1-32(40,22-11-7-4-8-12-22)19-37-25-14-13-23(36(2)30(39)21-9-5-3-6-10-21)17-24(25)34-31(37)35-29(38)28-16-15-27(42-28)26-18-33-20-41-26/h3-18,20,40H,19H2,1-2H3,(H,34,35,38). The van der Waals surface area contributed by atoms with E-state index in [9.17, 15) is 14.7 Å². The highest BCUT2D eigenvalue weighted by Crippen LogP contribution is 2.32. The van der Waals surface area contributed by atoms with E-state index in [1.807, 2.05) is 60.7 Å². The van der Waals surface area contributed by atoms with Crippen LogP contribution in [0.5, 0.6) is 0 Å². The van der Waals surface area contributed by atoms with Gasteiger partial charge in [0.1, 0.15) is 5.60 Å². The minimum atomic E-state index is -1.27. The topological polar surface area (TPSA) is 113 Å². The first-order chi connectivity index (χ1) is 20.3. The molecule has 3 aromatic heterocycles. The summed E-state index contributed by atoms with van der Waals surface area (Å²) in [7, 11) is 1.71. The van der Waals surface area contributed by atoms with Crippen molar-refractivity contribution in [2.45, 2.75) is 19.1 Å². The zero-order valence-electron chi connectivity index (χ0n) is 22.9. The van der Waals surface area contributed by atoms with Gasteiger partial charge in [-0.05, 0) is 55.0 Å². The summed E-state index contributed by atoms with van der Waals surface area (Å²) >= 11 is 1.27. The van der Waals surface area contributed by atoms with Crippen LogP contribution < -0.4 is 10.2 Å². The molecule has 0 spiro atoms. The molecule has 0 aliphatic rings. The Bertz CT molecular complexity index is 1860. The van der Waals surface area contributed by atoms with E-state index in [2.05, 4.69) is 10.3 Å². The van der Waals surface area contributed by atoms with Crippen LogP contribution in [0.4, 0.5) is 11.6 Å². The molecule has 10 heteroatoms. The number of oxazole rings is 1. The SMILES string of the molecule is CN(C(=O)c1ccccc1)c1ccc2c(c1)nc(NC(=O)c1ccc(-c3cnco3)s1)n2CC(C)(O)c1ccccc1. The lowest BCUT2D eigenvalue weighted by Gasteiger charge is -2.26. The van der Waals surface area contributed by atoms with Crippen molar-refractivity contribution < 1.29 is 19.1 Å².